The van der Waals surface area contributed by atoms with Crippen molar-refractivity contribution in [1.29, 1.82) is 0 Å². The molecule has 4 heterocycles. The number of rotatable bonds is 4. The quantitative estimate of drug-likeness (QED) is 0.595. The Morgan fingerprint density at radius 3 is 2.78 bits per heavy atom. The molecule has 3 aromatic rings. The molecule has 1 amide bonds. The van der Waals surface area contributed by atoms with Gasteiger partial charge in [-0.2, -0.15) is 0 Å². The molecule has 0 atom stereocenters. The molecule has 5 rings (SSSR count). The van der Waals surface area contributed by atoms with Gasteiger partial charge >= 0.3 is 0 Å². The normalized spacial score (nSPS) is 17.6. The summed E-state index contributed by atoms with van der Waals surface area (Å²) in [5.41, 5.74) is 5.45. The molecule has 2 aromatic heterocycles. The Morgan fingerprint density at radius 2 is 2.03 bits per heavy atom. The lowest BCUT2D eigenvalue weighted by molar-refractivity contribution is 0.0775. The number of hydrogen-bond donors (Lipinski definition) is 0. The summed E-state index contributed by atoms with van der Waals surface area (Å²) in [5, 5.41) is 5.18. The summed E-state index contributed by atoms with van der Waals surface area (Å²) in [5.74, 6) is 0.0928. The number of hydrogen-bond acceptors (Lipinski definition) is 4. The summed E-state index contributed by atoms with van der Waals surface area (Å²) in [4.78, 5) is 17.6. The fourth-order valence-electron chi connectivity index (χ4n) is 5.26. The average molecular weight is 437 g/mol. The number of halogens is 1. The number of aryl methyl sites for hydroxylation is 2. The van der Waals surface area contributed by atoms with Crippen LogP contribution >= 0.6 is 0 Å². The topological polar surface area (TPSA) is 54.5 Å². The van der Waals surface area contributed by atoms with Gasteiger partial charge in [-0.05, 0) is 50.0 Å². The predicted octanol–water partition coefficient (Wildman–Crippen LogP) is 4.70. The molecule has 0 radical (unpaired) electrons. The van der Waals surface area contributed by atoms with Crippen molar-refractivity contribution < 1.29 is 13.7 Å². The molecule has 7 heteroatoms. The second kappa shape index (κ2) is 8.11. The first-order valence-corrected chi connectivity index (χ1v) is 11.4. The minimum Gasteiger partial charge on any atom is -0.370 e. The van der Waals surface area contributed by atoms with Crippen molar-refractivity contribution in [3.05, 3.63) is 58.8 Å². The van der Waals surface area contributed by atoms with E-state index in [9.17, 15) is 9.18 Å². The summed E-state index contributed by atoms with van der Waals surface area (Å²) in [6.07, 6.45) is 7.08. The van der Waals surface area contributed by atoms with Crippen LogP contribution in [0, 0.1) is 12.7 Å². The highest BCUT2D eigenvalue weighted by Crippen LogP contribution is 2.37. The third-order valence-electron chi connectivity index (χ3n) is 6.80. The number of piperidine rings is 1. The summed E-state index contributed by atoms with van der Waals surface area (Å²) in [7, 11) is 2.02. The largest absolute Gasteiger partial charge is 0.370 e. The predicted molar refractivity (Wildman–Crippen MR) is 122 cm³/mol. The lowest BCUT2D eigenvalue weighted by atomic mass is 9.91. The van der Waals surface area contributed by atoms with Gasteiger partial charge in [0.15, 0.2) is 5.58 Å². The maximum atomic E-state index is 13.5. The van der Waals surface area contributed by atoms with Crippen molar-refractivity contribution in [3.8, 4) is 0 Å². The Balaban J connectivity index is 1.41. The third kappa shape index (κ3) is 3.40. The highest BCUT2D eigenvalue weighted by Gasteiger charge is 2.32. The first-order valence-electron chi connectivity index (χ1n) is 11.4. The van der Waals surface area contributed by atoms with E-state index in [1.54, 1.807) is 6.07 Å². The molecule has 1 saturated heterocycles. The van der Waals surface area contributed by atoms with Crippen LogP contribution in [-0.2, 0) is 7.05 Å². The zero-order valence-electron chi connectivity index (χ0n) is 18.9. The van der Waals surface area contributed by atoms with Gasteiger partial charge in [0.25, 0.3) is 5.91 Å². The Hall–Kier alpha value is -3.09. The highest BCUT2D eigenvalue weighted by atomic mass is 19.1. The van der Waals surface area contributed by atoms with E-state index in [1.807, 2.05) is 18.9 Å². The molecule has 2 aliphatic rings. The zero-order chi connectivity index (χ0) is 22.4. The van der Waals surface area contributed by atoms with Crippen LogP contribution < -0.4 is 0 Å². The fraction of sp³-hybridized carbons (Fsp3) is 0.440. The standard InChI is InChI=1S/C25H29FN4O2/c1-4-10-30-13-9-20(24-22(25(30)31)16(2)15-28(24)3)29-11-7-17(8-12-29)23-19-6-5-18(26)14-21(19)32-27-23/h5-6,9,14-15,17H,4,7-8,10-13H2,1-3H3. The molecule has 6 nitrogen and oxygen atoms in total. The summed E-state index contributed by atoms with van der Waals surface area (Å²) < 4.78 is 21.0. The molecule has 32 heavy (non-hydrogen) atoms. The monoisotopic (exact) mass is 436 g/mol. The van der Waals surface area contributed by atoms with Gasteiger partial charge in [0.2, 0.25) is 0 Å². The molecule has 0 aliphatic carbocycles. The number of carbonyl (C=O) groups is 1. The van der Waals surface area contributed by atoms with E-state index in [1.165, 1.54) is 12.1 Å². The maximum Gasteiger partial charge on any atom is 0.256 e. The van der Waals surface area contributed by atoms with Crippen molar-refractivity contribution in [3.63, 3.8) is 0 Å². The first kappa shape index (κ1) is 20.8. The molecule has 168 valence electrons. The van der Waals surface area contributed by atoms with Gasteiger partial charge in [-0.3, -0.25) is 4.79 Å². The van der Waals surface area contributed by atoms with E-state index in [0.29, 0.717) is 12.1 Å². The Labute approximate surface area is 187 Å². The minimum absolute atomic E-state index is 0.127. The van der Waals surface area contributed by atoms with E-state index in [-0.39, 0.29) is 17.6 Å². The maximum absolute atomic E-state index is 13.5. The summed E-state index contributed by atoms with van der Waals surface area (Å²) >= 11 is 0. The second-order valence-corrected chi connectivity index (χ2v) is 8.96. The zero-order valence-corrected chi connectivity index (χ0v) is 18.9. The van der Waals surface area contributed by atoms with Crippen LogP contribution in [0.3, 0.4) is 0 Å². The number of amides is 1. The number of carbonyl (C=O) groups excluding carboxylic acids is 1. The van der Waals surface area contributed by atoms with Crippen molar-refractivity contribution in [2.24, 2.45) is 7.05 Å². The Bertz CT molecular complexity index is 1200. The molecule has 0 bridgehead atoms. The van der Waals surface area contributed by atoms with Gasteiger partial charge in [0, 0.05) is 56.8 Å². The summed E-state index contributed by atoms with van der Waals surface area (Å²) in [6, 6.07) is 4.63. The smallest absolute Gasteiger partial charge is 0.256 e. The molecule has 0 saturated carbocycles. The van der Waals surface area contributed by atoms with Crippen molar-refractivity contribution in [2.75, 3.05) is 26.2 Å². The van der Waals surface area contributed by atoms with Crippen LogP contribution in [0.25, 0.3) is 16.7 Å². The van der Waals surface area contributed by atoms with E-state index in [2.05, 4.69) is 33.8 Å². The average Bonchev–Trinajstić information content (AvgIpc) is 3.28. The number of fused-ring (bicyclic) bond motifs is 2. The summed E-state index contributed by atoms with van der Waals surface area (Å²) in [6.45, 7) is 7.27. The molecular formula is C25H29FN4O2. The molecular weight excluding hydrogens is 407 g/mol. The van der Waals surface area contributed by atoms with Crippen LogP contribution in [0.1, 0.15) is 59.4 Å². The molecule has 1 fully saturated rings. The fourth-order valence-corrected chi connectivity index (χ4v) is 5.26. The number of aromatic nitrogens is 2. The molecule has 2 aliphatic heterocycles. The van der Waals surface area contributed by atoms with Gasteiger partial charge in [0.05, 0.1) is 22.6 Å². The first-order chi connectivity index (χ1) is 15.5. The highest BCUT2D eigenvalue weighted by molar-refractivity contribution is 6.01. The number of likely N-dealkylation sites (tertiary alicyclic amines) is 1. The SMILES string of the molecule is CCCN1CC=C(N2CCC(c3noc4cc(F)ccc34)CC2)c2c(c(C)cn2C)C1=O. The van der Waals surface area contributed by atoms with Crippen molar-refractivity contribution in [2.45, 2.75) is 39.0 Å². The molecule has 0 unspecified atom stereocenters. The molecule has 0 N–H and O–H groups in total. The van der Waals surface area contributed by atoms with Gasteiger partial charge in [-0.1, -0.05) is 12.1 Å². The van der Waals surface area contributed by atoms with Gasteiger partial charge in [0.1, 0.15) is 5.82 Å². The van der Waals surface area contributed by atoms with Crippen LogP contribution in [0.4, 0.5) is 4.39 Å². The number of nitrogens with zero attached hydrogens (tertiary/aromatic N) is 4. The van der Waals surface area contributed by atoms with Gasteiger partial charge in [-0.15, -0.1) is 0 Å². The van der Waals surface area contributed by atoms with Crippen LogP contribution in [0.15, 0.2) is 35.0 Å². The lowest BCUT2D eigenvalue weighted by Gasteiger charge is -2.35. The number of benzene rings is 1. The molecule has 1 aromatic carbocycles. The lowest BCUT2D eigenvalue weighted by Crippen LogP contribution is -2.32. The minimum atomic E-state index is -0.310. The Morgan fingerprint density at radius 1 is 1.25 bits per heavy atom. The Kier molecular flexibility index (Phi) is 5.27. The molecule has 0 spiro atoms. The van der Waals surface area contributed by atoms with Crippen LogP contribution in [-0.4, -0.2) is 51.6 Å². The van der Waals surface area contributed by atoms with Crippen LogP contribution in [0.2, 0.25) is 0 Å². The van der Waals surface area contributed by atoms with E-state index >= 15 is 0 Å². The third-order valence-corrected chi connectivity index (χ3v) is 6.80. The van der Waals surface area contributed by atoms with Crippen molar-refractivity contribution >= 4 is 22.6 Å². The van der Waals surface area contributed by atoms with Crippen molar-refractivity contribution in [1.82, 2.24) is 19.5 Å². The van der Waals surface area contributed by atoms with Crippen LogP contribution in [0.5, 0.6) is 0 Å². The van der Waals surface area contributed by atoms with E-state index in [0.717, 1.165) is 72.5 Å². The van der Waals surface area contributed by atoms with E-state index < -0.39 is 0 Å². The van der Waals surface area contributed by atoms with Gasteiger partial charge < -0.3 is 18.9 Å². The van der Waals surface area contributed by atoms with E-state index in [4.69, 9.17) is 4.52 Å². The second-order valence-electron chi connectivity index (χ2n) is 8.96. The van der Waals surface area contributed by atoms with Gasteiger partial charge in [-0.25, -0.2) is 4.39 Å².